The van der Waals surface area contributed by atoms with Crippen molar-refractivity contribution in [1.82, 2.24) is 14.6 Å². The molecule has 0 aromatic carbocycles. The van der Waals surface area contributed by atoms with Gasteiger partial charge >= 0.3 is 0 Å². The second-order valence-corrected chi connectivity index (χ2v) is 2.51. The fraction of sp³-hybridized carbons (Fsp3) is 0.286. The van der Waals surface area contributed by atoms with Crippen molar-refractivity contribution in [2.75, 3.05) is 0 Å². The first-order chi connectivity index (χ1) is 4.77. The number of H-pyrrole nitrogens is 1. The molecule has 0 aliphatic carbocycles. The Balaban J connectivity index is 2.90. The van der Waals surface area contributed by atoms with E-state index in [2.05, 4.69) is 10.1 Å². The van der Waals surface area contributed by atoms with E-state index in [1.807, 2.05) is 30.6 Å². The number of imidazole rings is 1. The second-order valence-electron chi connectivity index (χ2n) is 2.51. The van der Waals surface area contributed by atoms with E-state index in [9.17, 15) is 0 Å². The van der Waals surface area contributed by atoms with Gasteiger partial charge in [0.1, 0.15) is 5.65 Å². The standard InChI is InChI=1S/C7H9N3/c1-5-3-7-8-4-6(2)10(7)9-5/h3-4,8H,1-2H3. The number of hydrogen-bond acceptors (Lipinski definition) is 1. The van der Waals surface area contributed by atoms with Gasteiger partial charge in [-0.25, -0.2) is 4.52 Å². The molecule has 3 nitrogen and oxygen atoms in total. The Labute approximate surface area is 58.7 Å². The maximum atomic E-state index is 4.26. The van der Waals surface area contributed by atoms with Crippen molar-refractivity contribution in [1.29, 1.82) is 0 Å². The predicted octanol–water partition coefficient (Wildman–Crippen LogP) is 1.28. The third-order valence-corrected chi connectivity index (χ3v) is 1.59. The van der Waals surface area contributed by atoms with Gasteiger partial charge in [-0.3, -0.25) is 0 Å². The largest absolute Gasteiger partial charge is 0.345 e. The van der Waals surface area contributed by atoms with Crippen molar-refractivity contribution in [2.45, 2.75) is 13.8 Å². The van der Waals surface area contributed by atoms with Crippen LogP contribution in [0.15, 0.2) is 12.3 Å². The minimum atomic E-state index is 1.05. The van der Waals surface area contributed by atoms with Gasteiger partial charge in [-0.2, -0.15) is 5.10 Å². The molecule has 1 N–H and O–H groups in total. The van der Waals surface area contributed by atoms with Gasteiger partial charge in [-0.05, 0) is 13.8 Å². The SMILES string of the molecule is Cc1cc2[nH]cc(C)n2n1. The molecule has 2 aromatic heterocycles. The van der Waals surface area contributed by atoms with E-state index >= 15 is 0 Å². The van der Waals surface area contributed by atoms with E-state index in [-0.39, 0.29) is 0 Å². The summed E-state index contributed by atoms with van der Waals surface area (Å²) in [4.78, 5) is 3.11. The number of nitrogens with zero attached hydrogens (tertiary/aromatic N) is 2. The average molecular weight is 135 g/mol. The molecule has 0 radical (unpaired) electrons. The summed E-state index contributed by atoms with van der Waals surface area (Å²) in [6.07, 6.45) is 1.95. The molecule has 0 fully saturated rings. The quantitative estimate of drug-likeness (QED) is 0.580. The fourth-order valence-electron chi connectivity index (χ4n) is 1.11. The molecule has 52 valence electrons. The number of aromatic amines is 1. The number of nitrogens with one attached hydrogen (secondary N) is 1. The summed E-state index contributed by atoms with van der Waals surface area (Å²) in [7, 11) is 0. The first-order valence-corrected chi connectivity index (χ1v) is 3.28. The number of fused-ring (bicyclic) bond motifs is 1. The highest BCUT2D eigenvalue weighted by Crippen LogP contribution is 2.05. The van der Waals surface area contributed by atoms with Gasteiger partial charge in [0.15, 0.2) is 0 Å². The van der Waals surface area contributed by atoms with Crippen LogP contribution in [0.1, 0.15) is 11.4 Å². The van der Waals surface area contributed by atoms with Crippen molar-refractivity contribution < 1.29 is 0 Å². The lowest BCUT2D eigenvalue weighted by atomic mass is 10.5. The van der Waals surface area contributed by atoms with E-state index < -0.39 is 0 Å². The third-order valence-electron chi connectivity index (χ3n) is 1.59. The van der Waals surface area contributed by atoms with Crippen LogP contribution in [0.4, 0.5) is 0 Å². The van der Waals surface area contributed by atoms with Crippen LogP contribution in [0.25, 0.3) is 5.65 Å². The molecule has 0 atom stereocenters. The summed E-state index contributed by atoms with van der Waals surface area (Å²) in [5.74, 6) is 0. The molecule has 2 rings (SSSR count). The lowest BCUT2D eigenvalue weighted by molar-refractivity contribution is 0.907. The summed E-state index contributed by atoms with van der Waals surface area (Å²) in [5.41, 5.74) is 3.26. The highest BCUT2D eigenvalue weighted by Gasteiger charge is 1.99. The molecule has 3 heteroatoms. The third kappa shape index (κ3) is 0.572. The molecule has 0 saturated carbocycles. The van der Waals surface area contributed by atoms with E-state index in [1.54, 1.807) is 0 Å². The van der Waals surface area contributed by atoms with Crippen molar-refractivity contribution in [3.05, 3.63) is 23.7 Å². The molecule has 0 aliphatic rings. The first-order valence-electron chi connectivity index (χ1n) is 3.28. The van der Waals surface area contributed by atoms with E-state index in [0.717, 1.165) is 17.0 Å². The maximum Gasteiger partial charge on any atom is 0.133 e. The van der Waals surface area contributed by atoms with Crippen molar-refractivity contribution in [3.63, 3.8) is 0 Å². The van der Waals surface area contributed by atoms with Crippen LogP contribution < -0.4 is 0 Å². The summed E-state index contributed by atoms with van der Waals surface area (Å²) >= 11 is 0. The van der Waals surface area contributed by atoms with E-state index in [1.165, 1.54) is 0 Å². The van der Waals surface area contributed by atoms with Crippen molar-refractivity contribution >= 4 is 5.65 Å². The Hall–Kier alpha value is -1.25. The number of aromatic nitrogens is 3. The topological polar surface area (TPSA) is 33.1 Å². The van der Waals surface area contributed by atoms with Gasteiger partial charge in [0.25, 0.3) is 0 Å². The Kier molecular flexibility index (Phi) is 0.897. The van der Waals surface area contributed by atoms with E-state index in [0.29, 0.717) is 0 Å². The summed E-state index contributed by atoms with van der Waals surface area (Å²) in [5, 5.41) is 4.26. The van der Waals surface area contributed by atoms with Gasteiger partial charge < -0.3 is 4.98 Å². The second kappa shape index (κ2) is 1.62. The molecule has 0 unspecified atom stereocenters. The number of rotatable bonds is 0. The van der Waals surface area contributed by atoms with Gasteiger partial charge in [-0.15, -0.1) is 0 Å². The fourth-order valence-corrected chi connectivity index (χ4v) is 1.11. The summed E-state index contributed by atoms with van der Waals surface area (Å²) in [6, 6.07) is 2.02. The van der Waals surface area contributed by atoms with Crippen LogP contribution in [0.3, 0.4) is 0 Å². The zero-order chi connectivity index (χ0) is 7.14. The molecule has 0 saturated heterocycles. The van der Waals surface area contributed by atoms with Gasteiger partial charge in [-0.1, -0.05) is 0 Å². The lowest BCUT2D eigenvalue weighted by Gasteiger charge is -1.83. The van der Waals surface area contributed by atoms with Crippen LogP contribution in [-0.2, 0) is 0 Å². The van der Waals surface area contributed by atoms with Gasteiger partial charge in [0.2, 0.25) is 0 Å². The van der Waals surface area contributed by atoms with Crippen LogP contribution in [-0.4, -0.2) is 14.6 Å². The normalized spacial score (nSPS) is 11.0. The molecular formula is C7H9N3. The van der Waals surface area contributed by atoms with Gasteiger partial charge in [0, 0.05) is 12.3 Å². The van der Waals surface area contributed by atoms with Gasteiger partial charge in [0.05, 0.1) is 11.4 Å². The van der Waals surface area contributed by atoms with E-state index in [4.69, 9.17) is 0 Å². The first kappa shape index (κ1) is 5.53. The van der Waals surface area contributed by atoms with Crippen LogP contribution in [0.5, 0.6) is 0 Å². The molecule has 2 heterocycles. The van der Waals surface area contributed by atoms with Crippen molar-refractivity contribution in [3.8, 4) is 0 Å². The average Bonchev–Trinajstić information content (AvgIpc) is 2.35. The highest BCUT2D eigenvalue weighted by atomic mass is 15.3. The Bertz CT molecular complexity index is 356. The predicted molar refractivity (Wildman–Crippen MR) is 39.0 cm³/mol. The van der Waals surface area contributed by atoms with Crippen LogP contribution in [0, 0.1) is 13.8 Å². The Morgan fingerprint density at radius 3 is 3.00 bits per heavy atom. The molecule has 0 bridgehead atoms. The summed E-state index contributed by atoms with van der Waals surface area (Å²) in [6.45, 7) is 4.01. The van der Waals surface area contributed by atoms with Crippen LogP contribution in [0.2, 0.25) is 0 Å². The van der Waals surface area contributed by atoms with Crippen molar-refractivity contribution in [2.24, 2.45) is 0 Å². The molecule has 2 aromatic rings. The monoisotopic (exact) mass is 135 g/mol. The Morgan fingerprint density at radius 1 is 1.50 bits per heavy atom. The number of hydrogen-bond donors (Lipinski definition) is 1. The molecular weight excluding hydrogens is 126 g/mol. The molecule has 0 aliphatic heterocycles. The molecule has 0 amide bonds. The molecule has 0 spiro atoms. The highest BCUT2D eigenvalue weighted by molar-refractivity contribution is 5.40. The minimum absolute atomic E-state index is 1.05. The molecule has 10 heavy (non-hydrogen) atoms. The zero-order valence-electron chi connectivity index (χ0n) is 6.05. The Morgan fingerprint density at radius 2 is 2.30 bits per heavy atom. The maximum absolute atomic E-state index is 4.26. The zero-order valence-corrected chi connectivity index (χ0v) is 6.05. The summed E-state index contributed by atoms with van der Waals surface area (Å²) < 4.78 is 1.90. The smallest absolute Gasteiger partial charge is 0.133 e. The minimum Gasteiger partial charge on any atom is -0.345 e. The number of aryl methyl sites for hydroxylation is 2. The lowest BCUT2D eigenvalue weighted by Crippen LogP contribution is -1.85. The van der Waals surface area contributed by atoms with Crippen LogP contribution >= 0.6 is 0 Å².